The summed E-state index contributed by atoms with van der Waals surface area (Å²) in [7, 11) is 0. The number of hydrogen-bond donors (Lipinski definition) is 0. The van der Waals surface area contributed by atoms with Crippen molar-refractivity contribution < 1.29 is 4.74 Å². The monoisotopic (exact) mass is 284 g/mol. The third kappa shape index (κ3) is 10.7. The molecule has 20 heavy (non-hydrogen) atoms. The molecule has 0 saturated carbocycles. The third-order valence-electron chi connectivity index (χ3n) is 4.73. The van der Waals surface area contributed by atoms with Crippen molar-refractivity contribution in [3.63, 3.8) is 0 Å². The first kappa shape index (κ1) is 20.0. The van der Waals surface area contributed by atoms with Crippen molar-refractivity contribution in [3.05, 3.63) is 0 Å². The van der Waals surface area contributed by atoms with E-state index in [1.807, 2.05) is 0 Å². The number of hydrogen-bond acceptors (Lipinski definition) is 1. The molecule has 0 spiro atoms. The Morgan fingerprint density at radius 3 is 1.85 bits per heavy atom. The van der Waals surface area contributed by atoms with E-state index in [9.17, 15) is 0 Å². The number of rotatable bonds is 13. The lowest BCUT2D eigenvalue weighted by atomic mass is 9.86. The average Bonchev–Trinajstić information content (AvgIpc) is 2.45. The molecule has 0 heterocycles. The van der Waals surface area contributed by atoms with E-state index >= 15 is 0 Å². The molecule has 122 valence electrons. The minimum absolute atomic E-state index is 0.443. The van der Waals surface area contributed by atoms with Crippen LogP contribution in [-0.4, -0.2) is 12.7 Å². The van der Waals surface area contributed by atoms with Crippen LogP contribution in [0.2, 0.25) is 0 Å². The molecule has 0 rings (SSSR count). The fourth-order valence-electron chi connectivity index (χ4n) is 2.63. The van der Waals surface area contributed by atoms with Gasteiger partial charge in [0, 0.05) is 6.61 Å². The van der Waals surface area contributed by atoms with Crippen LogP contribution in [0.25, 0.3) is 0 Å². The van der Waals surface area contributed by atoms with Crippen LogP contribution in [0.15, 0.2) is 0 Å². The minimum Gasteiger partial charge on any atom is -0.378 e. The van der Waals surface area contributed by atoms with Crippen LogP contribution >= 0.6 is 0 Å². The van der Waals surface area contributed by atoms with Crippen LogP contribution in [0.1, 0.15) is 92.9 Å². The molecule has 4 unspecified atom stereocenters. The summed E-state index contributed by atoms with van der Waals surface area (Å²) in [6, 6.07) is 0. The summed E-state index contributed by atoms with van der Waals surface area (Å²) < 4.78 is 5.96. The first-order chi connectivity index (χ1) is 9.51. The van der Waals surface area contributed by atoms with Crippen molar-refractivity contribution in [2.75, 3.05) is 6.61 Å². The maximum atomic E-state index is 5.96. The van der Waals surface area contributed by atoms with Crippen molar-refractivity contribution in [3.8, 4) is 0 Å². The van der Waals surface area contributed by atoms with Crippen molar-refractivity contribution in [1.29, 1.82) is 0 Å². The molecule has 4 atom stereocenters. The van der Waals surface area contributed by atoms with Crippen molar-refractivity contribution in [2.24, 2.45) is 17.8 Å². The highest BCUT2D eigenvalue weighted by atomic mass is 16.5. The van der Waals surface area contributed by atoms with Gasteiger partial charge < -0.3 is 4.74 Å². The van der Waals surface area contributed by atoms with E-state index in [1.54, 1.807) is 0 Å². The van der Waals surface area contributed by atoms with Gasteiger partial charge in [-0.2, -0.15) is 0 Å². The molecule has 0 radical (unpaired) electrons. The molecule has 0 saturated heterocycles. The molecule has 0 aliphatic rings. The molecule has 0 bridgehead atoms. The smallest absolute Gasteiger partial charge is 0.0547 e. The second-order valence-corrected chi connectivity index (χ2v) is 7.07. The quantitative estimate of drug-likeness (QED) is 0.377. The highest BCUT2D eigenvalue weighted by Gasteiger charge is 2.14. The Kier molecular flexibility index (Phi) is 12.7. The van der Waals surface area contributed by atoms with E-state index in [-0.39, 0.29) is 0 Å². The lowest BCUT2D eigenvalue weighted by Gasteiger charge is -2.22. The molecule has 1 nitrogen and oxygen atoms in total. The second kappa shape index (κ2) is 12.7. The summed E-state index contributed by atoms with van der Waals surface area (Å²) in [5, 5.41) is 0. The zero-order valence-corrected chi connectivity index (χ0v) is 15.1. The van der Waals surface area contributed by atoms with Gasteiger partial charge in [0.15, 0.2) is 0 Å². The van der Waals surface area contributed by atoms with Crippen molar-refractivity contribution in [1.82, 2.24) is 0 Å². The molecule has 0 amide bonds. The summed E-state index contributed by atoms with van der Waals surface area (Å²) in [6.45, 7) is 14.9. The molecule has 0 aromatic heterocycles. The Balaban J connectivity index is 3.67. The van der Waals surface area contributed by atoms with Gasteiger partial charge in [0.25, 0.3) is 0 Å². The average molecular weight is 285 g/mol. The largest absolute Gasteiger partial charge is 0.378 e. The Morgan fingerprint density at radius 1 is 0.700 bits per heavy atom. The number of unbranched alkanes of at least 4 members (excludes halogenated alkanes) is 2. The Hall–Kier alpha value is -0.0400. The topological polar surface area (TPSA) is 9.23 Å². The summed E-state index contributed by atoms with van der Waals surface area (Å²) >= 11 is 0. The SMILES string of the molecule is CCCCC(C)OCC(C)CCC(C)C(C)CCCC. The van der Waals surface area contributed by atoms with Gasteiger partial charge in [0.1, 0.15) is 0 Å². The van der Waals surface area contributed by atoms with Crippen LogP contribution in [0, 0.1) is 17.8 Å². The van der Waals surface area contributed by atoms with Gasteiger partial charge in [-0.15, -0.1) is 0 Å². The van der Waals surface area contributed by atoms with Gasteiger partial charge in [0.2, 0.25) is 0 Å². The van der Waals surface area contributed by atoms with Gasteiger partial charge in [-0.1, -0.05) is 73.1 Å². The van der Waals surface area contributed by atoms with Gasteiger partial charge >= 0.3 is 0 Å². The van der Waals surface area contributed by atoms with Gasteiger partial charge in [-0.3, -0.25) is 0 Å². The fourth-order valence-corrected chi connectivity index (χ4v) is 2.63. The first-order valence-electron chi connectivity index (χ1n) is 9.12. The van der Waals surface area contributed by atoms with Crippen molar-refractivity contribution >= 4 is 0 Å². The maximum Gasteiger partial charge on any atom is 0.0547 e. The van der Waals surface area contributed by atoms with Crippen LogP contribution in [-0.2, 0) is 4.74 Å². The summed E-state index contributed by atoms with van der Waals surface area (Å²) in [5.41, 5.74) is 0. The third-order valence-corrected chi connectivity index (χ3v) is 4.73. The van der Waals surface area contributed by atoms with E-state index in [4.69, 9.17) is 4.74 Å². The van der Waals surface area contributed by atoms with Gasteiger partial charge in [0.05, 0.1) is 6.10 Å². The molecular weight excluding hydrogens is 244 g/mol. The molecule has 0 aliphatic carbocycles. The molecule has 1 heteroatoms. The molecule has 0 aromatic rings. The lowest BCUT2D eigenvalue weighted by molar-refractivity contribution is 0.0343. The van der Waals surface area contributed by atoms with E-state index in [0.717, 1.165) is 18.4 Å². The Morgan fingerprint density at radius 2 is 1.25 bits per heavy atom. The molecule has 0 aliphatic heterocycles. The van der Waals surface area contributed by atoms with Crippen LogP contribution in [0.5, 0.6) is 0 Å². The van der Waals surface area contributed by atoms with Gasteiger partial charge in [-0.05, 0) is 37.5 Å². The van der Waals surface area contributed by atoms with Crippen LogP contribution in [0.3, 0.4) is 0 Å². The Labute approximate surface area is 128 Å². The Bertz CT molecular complexity index is 202. The van der Waals surface area contributed by atoms with E-state index in [0.29, 0.717) is 12.0 Å². The number of ether oxygens (including phenoxy) is 1. The van der Waals surface area contributed by atoms with E-state index in [1.165, 1.54) is 51.4 Å². The van der Waals surface area contributed by atoms with Gasteiger partial charge in [-0.25, -0.2) is 0 Å². The second-order valence-electron chi connectivity index (χ2n) is 7.07. The van der Waals surface area contributed by atoms with Crippen LogP contribution in [0.4, 0.5) is 0 Å². The van der Waals surface area contributed by atoms with Crippen LogP contribution < -0.4 is 0 Å². The van der Waals surface area contributed by atoms with Crippen molar-refractivity contribution in [2.45, 2.75) is 99.0 Å². The maximum absolute atomic E-state index is 5.96. The zero-order chi connectivity index (χ0) is 15.4. The molecular formula is C19H40O. The lowest BCUT2D eigenvalue weighted by Crippen LogP contribution is -2.16. The summed E-state index contributed by atoms with van der Waals surface area (Å²) in [6.07, 6.45) is 11.0. The highest BCUT2D eigenvalue weighted by Crippen LogP contribution is 2.24. The predicted molar refractivity (Wildman–Crippen MR) is 91.2 cm³/mol. The molecule has 0 N–H and O–H groups in total. The normalized spacial score (nSPS) is 17.7. The molecule has 0 fully saturated rings. The zero-order valence-electron chi connectivity index (χ0n) is 15.1. The molecule has 0 aromatic carbocycles. The predicted octanol–water partition coefficient (Wildman–Crippen LogP) is 6.46. The summed E-state index contributed by atoms with van der Waals surface area (Å²) in [5.74, 6) is 2.45. The minimum atomic E-state index is 0.443. The fraction of sp³-hybridized carbons (Fsp3) is 1.00. The van der Waals surface area contributed by atoms with E-state index in [2.05, 4.69) is 41.5 Å². The standard InChI is InChI=1S/C19H40O/c1-7-9-11-17(4)18(5)14-13-16(3)15-20-19(6)12-10-8-2/h16-19H,7-15H2,1-6H3. The first-order valence-corrected chi connectivity index (χ1v) is 9.12. The summed E-state index contributed by atoms with van der Waals surface area (Å²) in [4.78, 5) is 0. The van der Waals surface area contributed by atoms with E-state index < -0.39 is 0 Å². The highest BCUT2D eigenvalue weighted by molar-refractivity contribution is 4.65.